The third-order valence-electron chi connectivity index (χ3n) is 3.52. The van der Waals surface area contributed by atoms with Crippen LogP contribution in [0.2, 0.25) is 0 Å². The first-order valence-electron chi connectivity index (χ1n) is 6.95. The molecule has 6 heteroatoms. The number of aliphatic hydroxyl groups excluding tert-OH is 1. The van der Waals surface area contributed by atoms with E-state index < -0.39 is 11.0 Å². The molecule has 1 heterocycles. The van der Waals surface area contributed by atoms with Crippen molar-refractivity contribution in [2.24, 2.45) is 0 Å². The molecule has 0 aliphatic carbocycles. The highest BCUT2D eigenvalue weighted by atomic mass is 16.6. The molecule has 0 spiro atoms. The number of nitrogens with zero attached hydrogens (tertiary/aromatic N) is 1. The summed E-state index contributed by atoms with van der Waals surface area (Å²) >= 11 is 0. The average molecular weight is 301 g/mol. The molecule has 0 saturated heterocycles. The monoisotopic (exact) mass is 301 g/mol. The number of benzene rings is 2. The molecule has 0 aromatic heterocycles. The van der Waals surface area contributed by atoms with Gasteiger partial charge in [0.1, 0.15) is 13.2 Å². The van der Waals surface area contributed by atoms with E-state index in [0.29, 0.717) is 31.1 Å². The average Bonchev–Trinajstić information content (AvgIpc) is 2.54. The molecule has 2 aromatic rings. The normalized spacial score (nSPS) is 14.4. The zero-order chi connectivity index (χ0) is 15.5. The van der Waals surface area contributed by atoms with E-state index in [1.807, 2.05) is 30.3 Å². The summed E-state index contributed by atoms with van der Waals surface area (Å²) in [7, 11) is 0. The van der Waals surface area contributed by atoms with Gasteiger partial charge in [0.15, 0.2) is 11.5 Å². The molecule has 3 rings (SSSR count). The Morgan fingerprint density at radius 3 is 2.41 bits per heavy atom. The van der Waals surface area contributed by atoms with Gasteiger partial charge < -0.3 is 14.6 Å². The molecule has 0 saturated carbocycles. The van der Waals surface area contributed by atoms with Crippen LogP contribution < -0.4 is 9.47 Å². The maximum absolute atomic E-state index is 11.3. The van der Waals surface area contributed by atoms with Gasteiger partial charge in [-0.25, -0.2) is 0 Å². The maximum Gasteiger partial charge on any atom is 0.279 e. The Morgan fingerprint density at radius 2 is 1.77 bits per heavy atom. The standard InChI is InChI=1S/C16H15NO5/c18-14(8-11-4-2-1-3-5-11)12-9-15-16(22-7-6-21-15)10-13(12)17(19)20/h1-5,9-10,14,18H,6-8H2/t14-/m1/s1. The topological polar surface area (TPSA) is 81.8 Å². The summed E-state index contributed by atoms with van der Waals surface area (Å²) in [4.78, 5) is 10.8. The van der Waals surface area contributed by atoms with Gasteiger partial charge >= 0.3 is 0 Å². The van der Waals surface area contributed by atoms with Crippen molar-refractivity contribution in [3.8, 4) is 11.5 Å². The van der Waals surface area contributed by atoms with Crippen molar-refractivity contribution in [3.63, 3.8) is 0 Å². The molecule has 1 atom stereocenters. The van der Waals surface area contributed by atoms with Gasteiger partial charge in [0, 0.05) is 6.42 Å². The fourth-order valence-corrected chi connectivity index (χ4v) is 2.47. The number of rotatable bonds is 4. The van der Waals surface area contributed by atoms with Gasteiger partial charge in [0.25, 0.3) is 5.69 Å². The van der Waals surface area contributed by atoms with Crippen LogP contribution in [0, 0.1) is 10.1 Å². The minimum atomic E-state index is -0.987. The van der Waals surface area contributed by atoms with Crippen molar-refractivity contribution >= 4 is 5.69 Å². The Kier molecular flexibility index (Phi) is 3.93. The number of fused-ring (bicyclic) bond motifs is 1. The van der Waals surface area contributed by atoms with Crippen molar-refractivity contribution in [2.45, 2.75) is 12.5 Å². The van der Waals surface area contributed by atoms with E-state index in [1.54, 1.807) is 0 Å². The number of ether oxygens (including phenoxy) is 2. The Morgan fingerprint density at radius 1 is 1.14 bits per heavy atom. The molecule has 0 amide bonds. The zero-order valence-corrected chi connectivity index (χ0v) is 11.8. The molecule has 0 radical (unpaired) electrons. The van der Waals surface area contributed by atoms with Crippen LogP contribution >= 0.6 is 0 Å². The number of aliphatic hydroxyl groups is 1. The van der Waals surface area contributed by atoms with Crippen LogP contribution in [0.15, 0.2) is 42.5 Å². The minimum absolute atomic E-state index is 0.160. The second-order valence-electron chi connectivity index (χ2n) is 5.02. The molecule has 0 unspecified atom stereocenters. The Hall–Kier alpha value is -2.60. The second-order valence-corrected chi connectivity index (χ2v) is 5.02. The number of hydrogen-bond acceptors (Lipinski definition) is 5. The van der Waals surface area contributed by atoms with E-state index in [2.05, 4.69) is 0 Å². The predicted octanol–water partition coefficient (Wildman–Crippen LogP) is 2.64. The number of hydrogen-bond donors (Lipinski definition) is 1. The summed E-state index contributed by atoms with van der Waals surface area (Å²) in [6, 6.07) is 12.2. The number of nitro groups is 1. The molecule has 0 bridgehead atoms. The van der Waals surface area contributed by atoms with E-state index in [9.17, 15) is 15.2 Å². The fourth-order valence-electron chi connectivity index (χ4n) is 2.47. The lowest BCUT2D eigenvalue weighted by Crippen LogP contribution is -2.16. The van der Waals surface area contributed by atoms with E-state index in [1.165, 1.54) is 12.1 Å². The smallest absolute Gasteiger partial charge is 0.279 e. The molecule has 114 valence electrons. The Bertz CT molecular complexity index is 686. The van der Waals surface area contributed by atoms with Crippen molar-refractivity contribution in [1.29, 1.82) is 0 Å². The summed E-state index contributed by atoms with van der Waals surface area (Å²) in [6.07, 6.45) is -0.694. The lowest BCUT2D eigenvalue weighted by Gasteiger charge is -2.20. The molecular weight excluding hydrogens is 286 g/mol. The molecule has 1 N–H and O–H groups in total. The van der Waals surface area contributed by atoms with Gasteiger partial charge in [-0.2, -0.15) is 0 Å². The van der Waals surface area contributed by atoms with Crippen molar-refractivity contribution in [1.82, 2.24) is 0 Å². The van der Waals surface area contributed by atoms with E-state index >= 15 is 0 Å². The summed E-state index contributed by atoms with van der Waals surface area (Å²) in [6.45, 7) is 0.745. The van der Waals surface area contributed by atoms with Crippen LogP contribution in [0.1, 0.15) is 17.2 Å². The highest BCUT2D eigenvalue weighted by molar-refractivity contribution is 5.55. The van der Waals surface area contributed by atoms with Crippen LogP contribution in [-0.2, 0) is 6.42 Å². The van der Waals surface area contributed by atoms with Crippen LogP contribution in [0.5, 0.6) is 11.5 Å². The first-order chi connectivity index (χ1) is 10.6. The molecule has 2 aromatic carbocycles. The van der Waals surface area contributed by atoms with E-state index in [0.717, 1.165) is 5.56 Å². The third-order valence-corrected chi connectivity index (χ3v) is 3.52. The molecule has 0 fully saturated rings. The fraction of sp³-hybridized carbons (Fsp3) is 0.250. The quantitative estimate of drug-likeness (QED) is 0.693. The Labute approximate surface area is 127 Å². The van der Waals surface area contributed by atoms with Gasteiger partial charge in [0.2, 0.25) is 0 Å². The highest BCUT2D eigenvalue weighted by Gasteiger charge is 2.26. The number of nitro benzene ring substituents is 1. The molecular formula is C16H15NO5. The highest BCUT2D eigenvalue weighted by Crippen LogP contribution is 2.39. The zero-order valence-electron chi connectivity index (χ0n) is 11.8. The molecule has 22 heavy (non-hydrogen) atoms. The summed E-state index contributed by atoms with van der Waals surface area (Å²) in [5.74, 6) is 0.771. The van der Waals surface area contributed by atoms with Gasteiger partial charge in [0.05, 0.1) is 22.7 Å². The van der Waals surface area contributed by atoms with E-state index in [4.69, 9.17) is 9.47 Å². The maximum atomic E-state index is 11.3. The van der Waals surface area contributed by atoms with Crippen LogP contribution in [0.25, 0.3) is 0 Å². The first-order valence-corrected chi connectivity index (χ1v) is 6.95. The Balaban J connectivity index is 1.95. The summed E-state index contributed by atoms with van der Waals surface area (Å²) < 4.78 is 10.8. The molecule has 1 aliphatic rings. The van der Waals surface area contributed by atoms with Gasteiger partial charge in [-0.05, 0) is 11.6 Å². The van der Waals surface area contributed by atoms with Crippen LogP contribution in [0.4, 0.5) is 5.69 Å². The largest absolute Gasteiger partial charge is 0.486 e. The van der Waals surface area contributed by atoms with Gasteiger partial charge in [-0.1, -0.05) is 30.3 Å². The predicted molar refractivity (Wildman–Crippen MR) is 79.2 cm³/mol. The molecule has 1 aliphatic heterocycles. The summed E-state index contributed by atoms with van der Waals surface area (Å²) in [5.41, 5.74) is 0.977. The SMILES string of the molecule is O=[N+]([O-])c1cc2c(cc1[C@H](O)Cc1ccccc1)OCCO2. The lowest BCUT2D eigenvalue weighted by atomic mass is 9.99. The third kappa shape index (κ3) is 2.87. The molecule has 6 nitrogen and oxygen atoms in total. The van der Waals surface area contributed by atoms with Gasteiger partial charge in [-0.3, -0.25) is 10.1 Å². The van der Waals surface area contributed by atoms with E-state index in [-0.39, 0.29) is 11.3 Å². The van der Waals surface area contributed by atoms with Crippen molar-refractivity contribution < 1.29 is 19.5 Å². The van der Waals surface area contributed by atoms with Crippen molar-refractivity contribution in [3.05, 3.63) is 63.7 Å². The van der Waals surface area contributed by atoms with Gasteiger partial charge in [-0.15, -0.1) is 0 Å². The first kappa shape index (κ1) is 14.3. The lowest BCUT2D eigenvalue weighted by molar-refractivity contribution is -0.386. The van der Waals surface area contributed by atoms with Crippen LogP contribution in [-0.4, -0.2) is 23.2 Å². The van der Waals surface area contributed by atoms with Crippen LogP contribution in [0.3, 0.4) is 0 Å². The summed E-state index contributed by atoms with van der Waals surface area (Å²) in [5, 5.41) is 21.7. The second kappa shape index (κ2) is 6.03. The van der Waals surface area contributed by atoms with Crippen molar-refractivity contribution in [2.75, 3.05) is 13.2 Å². The minimum Gasteiger partial charge on any atom is -0.486 e.